The number of hydrogen-bond donors (Lipinski definition) is 3. The summed E-state index contributed by atoms with van der Waals surface area (Å²) < 4.78 is 10.5. The maximum Gasteiger partial charge on any atom is 0.407 e. The lowest BCUT2D eigenvalue weighted by Crippen LogP contribution is -2.57. The Kier molecular flexibility index (Phi) is 6.88. The van der Waals surface area contributed by atoms with Crippen molar-refractivity contribution in [2.45, 2.75) is 31.2 Å². The Morgan fingerprint density at radius 3 is 2.24 bits per heavy atom. The van der Waals surface area contributed by atoms with E-state index in [0.717, 1.165) is 22.3 Å². The van der Waals surface area contributed by atoms with Gasteiger partial charge in [-0.1, -0.05) is 55.5 Å². The molecule has 2 aromatic carbocycles. The lowest BCUT2D eigenvalue weighted by Gasteiger charge is -2.28. The number of carbonyl (C=O) groups is 3. The Balaban J connectivity index is 1.27. The highest BCUT2D eigenvalue weighted by atomic mass is 16.5. The molecule has 2 aliphatic carbocycles. The predicted octanol–water partition coefficient (Wildman–Crippen LogP) is 3.16. The van der Waals surface area contributed by atoms with E-state index in [0.29, 0.717) is 13.0 Å². The van der Waals surface area contributed by atoms with Gasteiger partial charge in [0.15, 0.2) is 5.54 Å². The van der Waals surface area contributed by atoms with Crippen LogP contribution in [-0.4, -0.2) is 55.5 Å². The van der Waals surface area contributed by atoms with Gasteiger partial charge in [0, 0.05) is 25.5 Å². The number of carboxylic acid groups (broad SMARTS) is 1. The summed E-state index contributed by atoms with van der Waals surface area (Å²) in [5.74, 6) is -1.86. The molecular weight excluding hydrogens is 436 g/mol. The van der Waals surface area contributed by atoms with Crippen molar-refractivity contribution in [1.29, 1.82) is 0 Å². The fourth-order valence-electron chi connectivity index (χ4n) is 4.73. The van der Waals surface area contributed by atoms with Crippen LogP contribution in [0.3, 0.4) is 0 Å². The first-order valence-corrected chi connectivity index (χ1v) is 11.5. The first kappa shape index (κ1) is 23.8. The zero-order valence-corrected chi connectivity index (χ0v) is 19.4. The van der Waals surface area contributed by atoms with Gasteiger partial charge >= 0.3 is 12.1 Å². The van der Waals surface area contributed by atoms with E-state index in [1.807, 2.05) is 24.3 Å². The second-order valence-corrected chi connectivity index (χ2v) is 8.97. The minimum atomic E-state index is -1.45. The Hall–Kier alpha value is -3.39. The summed E-state index contributed by atoms with van der Waals surface area (Å²) >= 11 is 0. The van der Waals surface area contributed by atoms with Gasteiger partial charge in [-0.3, -0.25) is 4.79 Å². The minimum Gasteiger partial charge on any atom is -0.479 e. The van der Waals surface area contributed by atoms with E-state index in [1.165, 1.54) is 7.11 Å². The third-order valence-corrected chi connectivity index (χ3v) is 6.88. The number of amides is 2. The van der Waals surface area contributed by atoms with Crippen LogP contribution in [0.25, 0.3) is 11.1 Å². The summed E-state index contributed by atoms with van der Waals surface area (Å²) in [6.07, 6.45) is 0.264. The molecule has 3 atom stereocenters. The molecule has 4 rings (SSSR count). The number of methoxy groups -OCH3 is 1. The van der Waals surface area contributed by atoms with E-state index in [1.54, 1.807) is 6.92 Å². The quantitative estimate of drug-likeness (QED) is 0.496. The number of rotatable bonds is 10. The summed E-state index contributed by atoms with van der Waals surface area (Å²) in [6, 6.07) is 16.3. The second kappa shape index (κ2) is 9.85. The zero-order valence-electron chi connectivity index (χ0n) is 19.4. The van der Waals surface area contributed by atoms with E-state index < -0.39 is 17.6 Å². The van der Waals surface area contributed by atoms with Crippen LogP contribution in [0.4, 0.5) is 4.79 Å². The fourth-order valence-corrected chi connectivity index (χ4v) is 4.73. The van der Waals surface area contributed by atoms with Crippen molar-refractivity contribution in [3.8, 4) is 11.1 Å². The number of aliphatic carboxylic acids is 1. The molecule has 0 saturated heterocycles. The molecule has 2 aromatic rings. The van der Waals surface area contributed by atoms with Crippen molar-refractivity contribution >= 4 is 18.0 Å². The van der Waals surface area contributed by atoms with E-state index in [-0.39, 0.29) is 43.3 Å². The molecule has 1 unspecified atom stereocenters. The normalized spacial score (nSPS) is 19.9. The van der Waals surface area contributed by atoms with Gasteiger partial charge in [0.05, 0.1) is 6.61 Å². The van der Waals surface area contributed by atoms with Crippen LogP contribution in [0.1, 0.15) is 36.8 Å². The van der Waals surface area contributed by atoms with Gasteiger partial charge < -0.3 is 25.2 Å². The molecule has 180 valence electrons. The summed E-state index contributed by atoms with van der Waals surface area (Å²) in [7, 11) is 1.40. The summed E-state index contributed by atoms with van der Waals surface area (Å²) in [5.41, 5.74) is 3.17. The van der Waals surface area contributed by atoms with Crippen LogP contribution in [0.2, 0.25) is 0 Å². The number of carboxylic acids is 1. The largest absolute Gasteiger partial charge is 0.479 e. The van der Waals surface area contributed by atoms with E-state index >= 15 is 0 Å². The van der Waals surface area contributed by atoms with Crippen molar-refractivity contribution < 1.29 is 29.0 Å². The third-order valence-electron chi connectivity index (χ3n) is 6.88. The number of hydrogen-bond acceptors (Lipinski definition) is 5. The Labute approximate surface area is 198 Å². The van der Waals surface area contributed by atoms with Gasteiger partial charge in [-0.05, 0) is 41.0 Å². The number of ether oxygens (including phenoxy) is 2. The van der Waals surface area contributed by atoms with Gasteiger partial charge in [-0.2, -0.15) is 0 Å². The fraction of sp³-hybridized carbons (Fsp3) is 0.423. The summed E-state index contributed by atoms with van der Waals surface area (Å²) in [6.45, 7) is 2.10. The Morgan fingerprint density at radius 1 is 1.06 bits per heavy atom. The number of benzene rings is 2. The number of fused-ring (bicyclic) bond motifs is 3. The number of alkyl carbamates (subject to hydrolysis) is 1. The number of carbonyl (C=O) groups excluding carboxylic acids is 2. The van der Waals surface area contributed by atoms with Crippen LogP contribution in [0, 0.1) is 11.8 Å². The minimum absolute atomic E-state index is 0.0171. The molecule has 34 heavy (non-hydrogen) atoms. The molecular formula is C26H30N2O6. The van der Waals surface area contributed by atoms with Crippen LogP contribution >= 0.6 is 0 Å². The van der Waals surface area contributed by atoms with E-state index in [2.05, 4.69) is 34.9 Å². The van der Waals surface area contributed by atoms with E-state index in [4.69, 9.17) is 9.47 Å². The van der Waals surface area contributed by atoms with Crippen LogP contribution < -0.4 is 10.6 Å². The van der Waals surface area contributed by atoms with Crippen LogP contribution in [0.15, 0.2) is 48.5 Å². The smallest absolute Gasteiger partial charge is 0.407 e. The molecule has 0 aromatic heterocycles. The van der Waals surface area contributed by atoms with Gasteiger partial charge in [0.2, 0.25) is 5.91 Å². The molecule has 8 heteroatoms. The third kappa shape index (κ3) is 4.63. The molecule has 0 aliphatic heterocycles. The lowest BCUT2D eigenvalue weighted by molar-refractivity contribution is -0.150. The molecule has 0 spiro atoms. The lowest BCUT2D eigenvalue weighted by atomic mass is 9.97. The molecule has 0 bridgehead atoms. The maximum absolute atomic E-state index is 12.6. The SMILES string of the molecule is CCC(COC)(NC(=O)[C@H]1C[C@H]1CNC(=O)OCC1c2ccccc2-c2ccccc21)C(=O)O. The first-order chi connectivity index (χ1) is 16.4. The molecule has 8 nitrogen and oxygen atoms in total. The van der Waals surface area contributed by atoms with E-state index in [9.17, 15) is 19.5 Å². The molecule has 1 fully saturated rings. The van der Waals surface area contributed by atoms with Crippen molar-refractivity contribution in [2.75, 3.05) is 26.9 Å². The molecule has 2 aliphatic rings. The van der Waals surface area contributed by atoms with Crippen molar-refractivity contribution in [2.24, 2.45) is 11.8 Å². The van der Waals surface area contributed by atoms with Gasteiger partial charge in [0.1, 0.15) is 6.61 Å². The number of nitrogens with one attached hydrogen (secondary N) is 2. The van der Waals surface area contributed by atoms with Gasteiger partial charge in [0.25, 0.3) is 0 Å². The highest BCUT2D eigenvalue weighted by Crippen LogP contribution is 2.44. The molecule has 0 heterocycles. The van der Waals surface area contributed by atoms with Crippen molar-refractivity contribution in [1.82, 2.24) is 10.6 Å². The van der Waals surface area contributed by atoms with Crippen molar-refractivity contribution in [3.05, 3.63) is 59.7 Å². The highest BCUT2D eigenvalue weighted by Gasteiger charge is 2.47. The first-order valence-electron chi connectivity index (χ1n) is 11.5. The Morgan fingerprint density at radius 2 is 1.68 bits per heavy atom. The molecule has 1 saturated carbocycles. The maximum atomic E-state index is 12.6. The molecule has 2 amide bonds. The van der Waals surface area contributed by atoms with Gasteiger partial charge in [-0.15, -0.1) is 0 Å². The predicted molar refractivity (Wildman–Crippen MR) is 125 cm³/mol. The Bertz CT molecular complexity index is 1040. The van der Waals surface area contributed by atoms with Crippen LogP contribution in [-0.2, 0) is 19.1 Å². The topological polar surface area (TPSA) is 114 Å². The van der Waals surface area contributed by atoms with Crippen molar-refractivity contribution in [3.63, 3.8) is 0 Å². The summed E-state index contributed by atoms with van der Waals surface area (Å²) in [5, 5.41) is 14.9. The monoisotopic (exact) mass is 466 g/mol. The average molecular weight is 467 g/mol. The molecule has 3 N–H and O–H groups in total. The standard InChI is InChI=1S/C26H30N2O6/c1-3-26(15-33-2,24(30)31)28-23(29)21-12-16(21)13-27-25(32)34-14-22-19-10-6-4-8-17(19)18-9-5-7-11-20(18)22/h4-11,16,21-22H,3,12-15H2,1-2H3,(H,27,32)(H,28,29)(H,30,31)/t16-,21-,26?/m0/s1. The average Bonchev–Trinajstić information content (AvgIpc) is 3.56. The highest BCUT2D eigenvalue weighted by molar-refractivity contribution is 5.89. The van der Waals surface area contributed by atoms with Crippen LogP contribution in [0.5, 0.6) is 0 Å². The van der Waals surface area contributed by atoms with Gasteiger partial charge in [-0.25, -0.2) is 9.59 Å². The zero-order chi connectivity index (χ0) is 24.3. The molecule has 0 radical (unpaired) electrons. The second-order valence-electron chi connectivity index (χ2n) is 8.97. The summed E-state index contributed by atoms with van der Waals surface area (Å²) in [4.78, 5) is 36.6.